The van der Waals surface area contributed by atoms with Crippen molar-refractivity contribution in [2.75, 3.05) is 31.3 Å². The van der Waals surface area contributed by atoms with Crippen LogP contribution in [0.2, 0.25) is 5.02 Å². The minimum Gasteiger partial charge on any atom is -0.495 e. The van der Waals surface area contributed by atoms with Gasteiger partial charge in [-0.2, -0.15) is 0 Å². The van der Waals surface area contributed by atoms with Crippen molar-refractivity contribution in [1.29, 1.82) is 0 Å². The Morgan fingerprint density at radius 2 is 2.13 bits per heavy atom. The first-order chi connectivity index (χ1) is 14.4. The molecule has 1 aromatic heterocycles. The third kappa shape index (κ3) is 4.50. The Labute approximate surface area is 189 Å². The topological polar surface area (TPSA) is 63.6 Å². The van der Waals surface area contributed by atoms with E-state index < -0.39 is 0 Å². The van der Waals surface area contributed by atoms with E-state index in [2.05, 4.69) is 10.2 Å². The van der Waals surface area contributed by atoms with Gasteiger partial charge in [-0.25, -0.2) is 0 Å². The molecular weight excluding hydrogens is 442 g/mol. The summed E-state index contributed by atoms with van der Waals surface area (Å²) in [5.41, 5.74) is 1.78. The van der Waals surface area contributed by atoms with Crippen LogP contribution in [0.15, 0.2) is 41.2 Å². The lowest BCUT2D eigenvalue weighted by Crippen LogP contribution is -2.48. The molecule has 0 radical (unpaired) electrons. The summed E-state index contributed by atoms with van der Waals surface area (Å²) < 4.78 is 7.74. The van der Waals surface area contributed by atoms with Crippen LogP contribution in [0.5, 0.6) is 5.75 Å². The Balaban J connectivity index is 1.33. The molecule has 3 heterocycles. The number of halogens is 1. The van der Waals surface area contributed by atoms with Crippen molar-refractivity contribution in [3.63, 3.8) is 0 Å². The number of methoxy groups -OCH3 is 1. The lowest BCUT2D eigenvalue weighted by Gasteiger charge is -2.43. The van der Waals surface area contributed by atoms with Crippen molar-refractivity contribution in [2.24, 2.45) is 5.92 Å². The number of piperidine rings is 1. The number of carbonyl (C=O) groups excluding carboxylic acids is 1. The molecule has 1 fully saturated rings. The highest BCUT2D eigenvalue weighted by Crippen LogP contribution is 2.36. The number of nitrogens with zero attached hydrogens (tertiary/aromatic N) is 2. The summed E-state index contributed by atoms with van der Waals surface area (Å²) in [4.78, 5) is 26.7. The normalized spacial score (nSPS) is 19.7. The molecule has 0 saturated carbocycles. The molecule has 158 valence electrons. The average molecular weight is 464 g/mol. The molecule has 1 amide bonds. The number of aromatic nitrogens is 1. The molecule has 2 aromatic rings. The van der Waals surface area contributed by atoms with Crippen molar-refractivity contribution in [3.05, 3.63) is 57.5 Å². The first-order valence-corrected chi connectivity index (χ1v) is 11.5. The van der Waals surface area contributed by atoms with E-state index >= 15 is 0 Å². The molecule has 2 aliphatic rings. The predicted octanol–water partition coefficient (Wildman–Crippen LogP) is 3.59. The van der Waals surface area contributed by atoms with E-state index in [1.165, 1.54) is 11.8 Å². The number of nitrogens with one attached hydrogen (secondary N) is 1. The van der Waals surface area contributed by atoms with Crippen LogP contribution in [0, 0.1) is 5.92 Å². The van der Waals surface area contributed by atoms with E-state index in [-0.39, 0.29) is 17.2 Å². The number of amides is 1. The van der Waals surface area contributed by atoms with E-state index in [0.29, 0.717) is 28.3 Å². The van der Waals surface area contributed by atoms with E-state index in [4.69, 9.17) is 28.6 Å². The molecule has 2 bridgehead atoms. The lowest BCUT2D eigenvalue weighted by atomic mass is 9.83. The second kappa shape index (κ2) is 8.99. The van der Waals surface area contributed by atoms with Crippen molar-refractivity contribution < 1.29 is 9.53 Å². The standard InChI is InChI=1S/C21H22ClN3O3S2/c1-28-18-6-5-15(8-16(18)22)23-19(26)12-30-21(29)24-9-13-7-14(11-24)17-3-2-4-20(27)25(17)10-13/h2-6,8,13-14H,7,9-12H2,1H3,(H,23,26)/t13-,14-/m1/s1. The number of ether oxygens (including phenoxy) is 1. The highest BCUT2D eigenvalue weighted by molar-refractivity contribution is 8.23. The Kier molecular flexibility index (Phi) is 6.36. The fourth-order valence-corrected chi connectivity index (χ4v) is 5.45. The van der Waals surface area contributed by atoms with Crippen LogP contribution in [-0.4, -0.2) is 45.6 Å². The van der Waals surface area contributed by atoms with Gasteiger partial charge in [-0.05, 0) is 36.6 Å². The molecule has 6 nitrogen and oxygen atoms in total. The van der Waals surface area contributed by atoms with Gasteiger partial charge < -0.3 is 19.5 Å². The summed E-state index contributed by atoms with van der Waals surface area (Å²) in [7, 11) is 1.54. The van der Waals surface area contributed by atoms with Crippen LogP contribution < -0.4 is 15.6 Å². The molecule has 0 unspecified atom stereocenters. The number of fused-ring (bicyclic) bond motifs is 4. The number of likely N-dealkylation sites (tertiary alicyclic amines) is 1. The van der Waals surface area contributed by atoms with E-state index in [0.717, 1.165) is 36.1 Å². The van der Waals surface area contributed by atoms with Gasteiger partial charge in [0.1, 0.15) is 10.1 Å². The van der Waals surface area contributed by atoms with Gasteiger partial charge in [0.2, 0.25) is 5.91 Å². The van der Waals surface area contributed by atoms with Crippen LogP contribution in [-0.2, 0) is 11.3 Å². The molecule has 2 aliphatic heterocycles. The Bertz CT molecular complexity index is 1040. The zero-order chi connectivity index (χ0) is 21.3. The van der Waals surface area contributed by atoms with Gasteiger partial charge in [0.05, 0.1) is 17.9 Å². The van der Waals surface area contributed by atoms with Gasteiger partial charge in [0.25, 0.3) is 5.56 Å². The summed E-state index contributed by atoms with van der Waals surface area (Å²) in [6.07, 6.45) is 1.08. The number of thiocarbonyl (C=S) groups is 1. The molecule has 1 N–H and O–H groups in total. The van der Waals surface area contributed by atoms with Gasteiger partial charge >= 0.3 is 0 Å². The van der Waals surface area contributed by atoms with Crippen molar-refractivity contribution in [3.8, 4) is 5.75 Å². The molecule has 0 aliphatic carbocycles. The lowest BCUT2D eigenvalue weighted by molar-refractivity contribution is -0.113. The van der Waals surface area contributed by atoms with Crippen LogP contribution in [0.25, 0.3) is 0 Å². The average Bonchev–Trinajstić information content (AvgIpc) is 2.73. The minimum absolute atomic E-state index is 0.0721. The maximum absolute atomic E-state index is 12.3. The second-order valence-electron chi connectivity index (χ2n) is 7.56. The van der Waals surface area contributed by atoms with Gasteiger partial charge in [-0.3, -0.25) is 9.59 Å². The van der Waals surface area contributed by atoms with Crippen LogP contribution in [0.1, 0.15) is 18.0 Å². The zero-order valence-electron chi connectivity index (χ0n) is 16.5. The van der Waals surface area contributed by atoms with Crippen molar-refractivity contribution in [2.45, 2.75) is 18.9 Å². The molecular formula is C21H22ClN3O3S2. The number of pyridine rings is 1. The number of rotatable bonds is 4. The van der Waals surface area contributed by atoms with Gasteiger partial charge in [0.15, 0.2) is 0 Å². The van der Waals surface area contributed by atoms with Crippen molar-refractivity contribution in [1.82, 2.24) is 9.47 Å². The molecule has 0 spiro atoms. The summed E-state index contributed by atoms with van der Waals surface area (Å²) in [6, 6.07) is 10.6. The highest BCUT2D eigenvalue weighted by atomic mass is 35.5. The van der Waals surface area contributed by atoms with E-state index in [1.54, 1.807) is 31.4 Å². The number of carbonyl (C=O) groups is 1. The highest BCUT2D eigenvalue weighted by Gasteiger charge is 2.35. The molecule has 2 atom stereocenters. The smallest absolute Gasteiger partial charge is 0.250 e. The summed E-state index contributed by atoms with van der Waals surface area (Å²) in [6.45, 7) is 2.33. The van der Waals surface area contributed by atoms with E-state index in [1.807, 2.05) is 16.7 Å². The number of thioether (sulfide) groups is 1. The molecule has 4 rings (SSSR count). The first-order valence-electron chi connectivity index (χ1n) is 9.69. The van der Waals surface area contributed by atoms with Gasteiger partial charge in [-0.15, -0.1) is 0 Å². The number of hydrogen-bond acceptors (Lipinski definition) is 5. The van der Waals surface area contributed by atoms with Gasteiger partial charge in [0, 0.05) is 43.0 Å². The van der Waals surface area contributed by atoms with Gasteiger partial charge in [-0.1, -0.05) is 41.6 Å². The third-order valence-corrected chi connectivity index (χ3v) is 7.32. The molecule has 1 saturated heterocycles. The minimum atomic E-state index is -0.141. The maximum Gasteiger partial charge on any atom is 0.250 e. The Morgan fingerprint density at radius 1 is 1.30 bits per heavy atom. The largest absolute Gasteiger partial charge is 0.495 e. The van der Waals surface area contributed by atoms with Crippen LogP contribution in [0.3, 0.4) is 0 Å². The molecule has 30 heavy (non-hydrogen) atoms. The second-order valence-corrected chi connectivity index (χ2v) is 9.57. The first kappa shape index (κ1) is 21.2. The number of hydrogen-bond donors (Lipinski definition) is 1. The zero-order valence-corrected chi connectivity index (χ0v) is 18.9. The summed E-state index contributed by atoms with van der Waals surface area (Å²) >= 11 is 13.1. The van der Waals surface area contributed by atoms with Crippen molar-refractivity contribution >= 4 is 51.5 Å². The maximum atomic E-state index is 12.3. The van der Waals surface area contributed by atoms with Crippen LogP contribution >= 0.6 is 35.6 Å². The SMILES string of the molecule is COc1ccc(NC(=O)CSC(=S)N2C[C@H]3C[C@H](C2)c2cccc(=O)n2C3)cc1Cl. The van der Waals surface area contributed by atoms with Crippen LogP contribution in [0.4, 0.5) is 5.69 Å². The summed E-state index contributed by atoms with van der Waals surface area (Å²) in [5.74, 6) is 1.33. The summed E-state index contributed by atoms with van der Waals surface area (Å²) in [5, 5.41) is 3.28. The fourth-order valence-electron chi connectivity index (χ4n) is 4.21. The predicted molar refractivity (Wildman–Crippen MR) is 125 cm³/mol. The monoisotopic (exact) mass is 463 g/mol. The third-order valence-electron chi connectivity index (χ3n) is 5.50. The Hall–Kier alpha value is -2.03. The fraction of sp³-hybridized carbons (Fsp3) is 0.381. The number of benzene rings is 1. The molecule has 1 aromatic carbocycles. The quantitative estimate of drug-likeness (QED) is 0.699. The number of anilines is 1. The molecule has 9 heteroatoms. The Morgan fingerprint density at radius 3 is 2.90 bits per heavy atom. The van der Waals surface area contributed by atoms with E-state index in [9.17, 15) is 9.59 Å².